The Bertz CT molecular complexity index is 524. The number of benzene rings is 1. The maximum absolute atomic E-state index is 11.3. The van der Waals surface area contributed by atoms with Gasteiger partial charge in [0.15, 0.2) is 0 Å². The van der Waals surface area contributed by atoms with Crippen LogP contribution in [0, 0.1) is 0 Å². The first-order valence-electron chi connectivity index (χ1n) is 4.32. The van der Waals surface area contributed by atoms with Crippen molar-refractivity contribution in [2.75, 3.05) is 12.4 Å². The highest BCUT2D eigenvalue weighted by Crippen LogP contribution is 2.29. The highest BCUT2D eigenvalue weighted by atomic mass is 35.5. The lowest BCUT2D eigenvalue weighted by Gasteiger charge is -2.04. The van der Waals surface area contributed by atoms with E-state index in [-0.39, 0.29) is 21.8 Å². The number of rotatable bonds is 1. The Balaban J connectivity index is 2.57. The molecule has 0 saturated heterocycles. The minimum absolute atomic E-state index is 0.0791. The summed E-state index contributed by atoms with van der Waals surface area (Å²) in [6.07, 6.45) is 0. The number of fused-ring (bicyclic) bond motifs is 1. The van der Waals surface area contributed by atoms with Gasteiger partial charge in [0.1, 0.15) is 0 Å². The molecule has 0 aromatic heterocycles. The van der Waals surface area contributed by atoms with Gasteiger partial charge in [-0.05, 0) is 12.1 Å². The Labute approximate surface area is 95.3 Å². The molecule has 0 atom stereocenters. The van der Waals surface area contributed by atoms with Crippen LogP contribution in [0.1, 0.15) is 20.7 Å². The molecule has 0 unspecified atom stereocenters. The summed E-state index contributed by atoms with van der Waals surface area (Å²) >= 11 is 5.80. The van der Waals surface area contributed by atoms with Gasteiger partial charge in [-0.15, -0.1) is 0 Å². The van der Waals surface area contributed by atoms with Crippen molar-refractivity contribution in [2.24, 2.45) is 0 Å². The number of amides is 1. The van der Waals surface area contributed by atoms with Crippen molar-refractivity contribution in [3.05, 3.63) is 28.3 Å². The van der Waals surface area contributed by atoms with E-state index in [2.05, 4.69) is 10.1 Å². The molecule has 82 valence electrons. The molecule has 1 aromatic carbocycles. The lowest BCUT2D eigenvalue weighted by molar-refractivity contribution is -0.112. The normalized spacial score (nSPS) is 13.4. The van der Waals surface area contributed by atoms with E-state index in [1.807, 2.05) is 0 Å². The van der Waals surface area contributed by atoms with E-state index in [1.54, 1.807) is 0 Å². The standard InChI is InChI=1S/C10H6ClNO4/c1-16-10(15)4-3-7-5(2-6(4)11)8(13)9(14)12-7/h2-3H,1H3,(H,12,13,14). The van der Waals surface area contributed by atoms with Crippen LogP contribution in [-0.4, -0.2) is 24.8 Å². The Morgan fingerprint density at radius 1 is 1.38 bits per heavy atom. The van der Waals surface area contributed by atoms with Crippen molar-refractivity contribution in [1.29, 1.82) is 0 Å². The van der Waals surface area contributed by atoms with Gasteiger partial charge in [-0.3, -0.25) is 9.59 Å². The predicted octanol–water partition coefficient (Wildman–Crippen LogP) is 1.26. The van der Waals surface area contributed by atoms with Gasteiger partial charge < -0.3 is 10.1 Å². The zero-order chi connectivity index (χ0) is 11.9. The maximum atomic E-state index is 11.3. The van der Waals surface area contributed by atoms with E-state index in [0.29, 0.717) is 0 Å². The fourth-order valence-corrected chi connectivity index (χ4v) is 1.67. The summed E-state index contributed by atoms with van der Waals surface area (Å²) in [5.74, 6) is -2.01. The number of ketones is 1. The van der Waals surface area contributed by atoms with Crippen LogP contribution in [0.2, 0.25) is 5.02 Å². The molecule has 0 bridgehead atoms. The van der Waals surface area contributed by atoms with E-state index >= 15 is 0 Å². The molecule has 1 aromatic rings. The van der Waals surface area contributed by atoms with Crippen LogP contribution in [0.15, 0.2) is 12.1 Å². The molecule has 0 saturated carbocycles. The highest BCUT2D eigenvalue weighted by molar-refractivity contribution is 6.52. The first-order chi connectivity index (χ1) is 7.54. The van der Waals surface area contributed by atoms with Gasteiger partial charge in [-0.1, -0.05) is 11.6 Å². The number of carbonyl (C=O) groups excluding carboxylic acids is 3. The van der Waals surface area contributed by atoms with Gasteiger partial charge in [-0.2, -0.15) is 0 Å². The number of Topliss-reactive ketones (excluding diaryl/α,β-unsaturated/α-hetero) is 1. The zero-order valence-corrected chi connectivity index (χ0v) is 8.92. The van der Waals surface area contributed by atoms with E-state index in [9.17, 15) is 14.4 Å². The number of anilines is 1. The summed E-state index contributed by atoms with van der Waals surface area (Å²) in [4.78, 5) is 33.7. The van der Waals surface area contributed by atoms with Gasteiger partial charge in [0.2, 0.25) is 0 Å². The summed E-state index contributed by atoms with van der Waals surface area (Å²) in [7, 11) is 1.22. The van der Waals surface area contributed by atoms with Crippen LogP contribution >= 0.6 is 11.6 Å². The molecule has 0 spiro atoms. The first-order valence-corrected chi connectivity index (χ1v) is 4.70. The molecule has 6 heteroatoms. The van der Waals surface area contributed by atoms with Crippen molar-refractivity contribution in [3.63, 3.8) is 0 Å². The molecule has 0 aliphatic carbocycles. The second kappa shape index (κ2) is 3.61. The fourth-order valence-electron chi connectivity index (χ4n) is 1.43. The number of esters is 1. The molecule has 5 nitrogen and oxygen atoms in total. The third kappa shape index (κ3) is 1.45. The second-order valence-electron chi connectivity index (χ2n) is 3.15. The van der Waals surface area contributed by atoms with E-state index < -0.39 is 17.7 Å². The van der Waals surface area contributed by atoms with Crippen LogP contribution in [0.25, 0.3) is 0 Å². The molecular formula is C10H6ClNO4. The van der Waals surface area contributed by atoms with Gasteiger partial charge in [-0.25, -0.2) is 4.79 Å². The molecule has 1 aliphatic heterocycles. The molecule has 0 fully saturated rings. The molecule has 1 aliphatic rings. The molecule has 1 heterocycles. The minimum Gasteiger partial charge on any atom is -0.465 e. The largest absolute Gasteiger partial charge is 0.465 e. The maximum Gasteiger partial charge on any atom is 0.339 e. The van der Waals surface area contributed by atoms with Crippen molar-refractivity contribution in [1.82, 2.24) is 0 Å². The number of hydrogen-bond acceptors (Lipinski definition) is 4. The Morgan fingerprint density at radius 2 is 2.06 bits per heavy atom. The summed E-state index contributed by atoms with van der Waals surface area (Å²) in [6, 6.07) is 2.61. The van der Waals surface area contributed by atoms with Crippen LogP contribution in [-0.2, 0) is 9.53 Å². The SMILES string of the molecule is COC(=O)c1cc2c(cc1Cl)C(=O)C(=O)N2. The predicted molar refractivity (Wildman–Crippen MR) is 55.8 cm³/mol. The number of methoxy groups -OCH3 is 1. The van der Waals surface area contributed by atoms with Crippen LogP contribution in [0.4, 0.5) is 5.69 Å². The van der Waals surface area contributed by atoms with Gasteiger partial charge >= 0.3 is 5.97 Å². The van der Waals surface area contributed by atoms with Crippen molar-refractivity contribution in [2.45, 2.75) is 0 Å². The summed E-state index contributed by atoms with van der Waals surface area (Å²) in [5, 5.41) is 2.42. The van der Waals surface area contributed by atoms with E-state index in [4.69, 9.17) is 11.6 Å². The zero-order valence-electron chi connectivity index (χ0n) is 8.17. The molecule has 0 radical (unpaired) electrons. The molecular weight excluding hydrogens is 234 g/mol. The minimum atomic E-state index is -0.729. The van der Waals surface area contributed by atoms with Crippen molar-refractivity contribution < 1.29 is 19.1 Å². The van der Waals surface area contributed by atoms with Crippen molar-refractivity contribution in [3.8, 4) is 0 Å². The topological polar surface area (TPSA) is 72.5 Å². The third-order valence-electron chi connectivity index (χ3n) is 2.21. The Kier molecular flexibility index (Phi) is 2.40. The van der Waals surface area contributed by atoms with Crippen molar-refractivity contribution >= 4 is 34.9 Å². The summed E-state index contributed by atoms with van der Waals surface area (Å²) < 4.78 is 4.51. The third-order valence-corrected chi connectivity index (χ3v) is 2.52. The monoisotopic (exact) mass is 239 g/mol. The van der Waals surface area contributed by atoms with Crippen LogP contribution in [0.5, 0.6) is 0 Å². The lowest BCUT2D eigenvalue weighted by atomic mass is 10.1. The summed E-state index contributed by atoms with van der Waals surface area (Å²) in [5.41, 5.74) is 0.556. The van der Waals surface area contributed by atoms with E-state index in [0.717, 1.165) is 0 Å². The van der Waals surface area contributed by atoms with Crippen LogP contribution < -0.4 is 5.32 Å². The average molecular weight is 240 g/mol. The Hall–Kier alpha value is -1.88. The van der Waals surface area contributed by atoms with E-state index in [1.165, 1.54) is 19.2 Å². The molecule has 1 N–H and O–H groups in total. The number of hydrogen-bond donors (Lipinski definition) is 1. The quantitative estimate of drug-likeness (QED) is 0.592. The van der Waals surface area contributed by atoms with Gasteiger partial charge in [0.25, 0.3) is 11.7 Å². The molecule has 16 heavy (non-hydrogen) atoms. The van der Waals surface area contributed by atoms with Gasteiger partial charge in [0, 0.05) is 0 Å². The molecule has 2 rings (SSSR count). The van der Waals surface area contributed by atoms with Gasteiger partial charge in [0.05, 0.1) is 28.9 Å². The summed E-state index contributed by atoms with van der Waals surface area (Å²) in [6.45, 7) is 0. The number of ether oxygens (including phenoxy) is 1. The number of halogens is 1. The Morgan fingerprint density at radius 3 is 2.69 bits per heavy atom. The van der Waals surface area contributed by atoms with Crippen LogP contribution in [0.3, 0.4) is 0 Å². The average Bonchev–Trinajstić information content (AvgIpc) is 2.53. The smallest absolute Gasteiger partial charge is 0.339 e. The fraction of sp³-hybridized carbons (Fsp3) is 0.100. The molecule has 1 amide bonds. The number of nitrogens with one attached hydrogen (secondary N) is 1. The first kappa shape index (κ1) is 10.6. The number of carbonyl (C=O) groups is 3. The highest BCUT2D eigenvalue weighted by Gasteiger charge is 2.30. The second-order valence-corrected chi connectivity index (χ2v) is 3.56. The lowest BCUT2D eigenvalue weighted by Crippen LogP contribution is -2.12.